The van der Waals surface area contributed by atoms with E-state index >= 15 is 0 Å². The Hall–Kier alpha value is -3.34. The Morgan fingerprint density at radius 1 is 0.923 bits per heavy atom. The normalized spacial score (nSPS) is 10.3. The molecule has 0 heterocycles. The molecule has 0 fully saturated rings. The van der Waals surface area contributed by atoms with Crippen LogP contribution in [0.1, 0.15) is 5.56 Å². The summed E-state index contributed by atoms with van der Waals surface area (Å²) in [5.41, 5.74) is 1.56. The first-order valence-electron chi connectivity index (χ1n) is 8.33. The van der Waals surface area contributed by atoms with E-state index in [0.717, 1.165) is 16.3 Å². The van der Waals surface area contributed by atoms with Crippen molar-refractivity contribution in [2.75, 3.05) is 19.0 Å². The molecule has 3 aromatic rings. The molecule has 3 aromatic carbocycles. The van der Waals surface area contributed by atoms with Crippen molar-refractivity contribution in [3.05, 3.63) is 72.3 Å². The van der Waals surface area contributed by atoms with Crippen molar-refractivity contribution in [3.63, 3.8) is 0 Å². The molecule has 0 atom stereocenters. The minimum atomic E-state index is -0.287. The van der Waals surface area contributed by atoms with Crippen molar-refractivity contribution >= 4 is 28.3 Å². The number of methoxy groups -OCH3 is 1. The molecule has 0 aliphatic heterocycles. The zero-order valence-electron chi connectivity index (χ0n) is 14.5. The first-order chi connectivity index (χ1) is 12.7. The lowest BCUT2D eigenvalue weighted by molar-refractivity contribution is -0.123. The highest BCUT2D eigenvalue weighted by Gasteiger charge is 2.09. The second-order valence-corrected chi connectivity index (χ2v) is 5.87. The molecule has 3 rings (SSSR count). The van der Waals surface area contributed by atoms with E-state index in [1.807, 2.05) is 42.5 Å². The first-order valence-corrected chi connectivity index (χ1v) is 8.33. The van der Waals surface area contributed by atoms with E-state index in [0.29, 0.717) is 11.4 Å². The maximum absolute atomic E-state index is 12.2. The van der Waals surface area contributed by atoms with Crippen LogP contribution in [0.5, 0.6) is 5.75 Å². The largest absolute Gasteiger partial charge is 0.497 e. The molecule has 5 heteroatoms. The zero-order valence-corrected chi connectivity index (χ0v) is 14.5. The summed E-state index contributed by atoms with van der Waals surface area (Å²) in [4.78, 5) is 24.2. The lowest BCUT2D eigenvalue weighted by Crippen LogP contribution is -2.33. The molecule has 0 aromatic heterocycles. The summed E-state index contributed by atoms with van der Waals surface area (Å²) in [7, 11) is 1.56. The van der Waals surface area contributed by atoms with E-state index < -0.39 is 0 Å². The summed E-state index contributed by atoms with van der Waals surface area (Å²) < 4.78 is 5.12. The Labute approximate surface area is 152 Å². The molecule has 0 aliphatic rings. The summed E-state index contributed by atoms with van der Waals surface area (Å²) >= 11 is 0. The number of amides is 2. The predicted molar refractivity (Wildman–Crippen MR) is 102 cm³/mol. The van der Waals surface area contributed by atoms with Gasteiger partial charge in [-0.3, -0.25) is 9.59 Å². The van der Waals surface area contributed by atoms with Crippen molar-refractivity contribution < 1.29 is 14.3 Å². The number of benzene rings is 3. The van der Waals surface area contributed by atoms with Crippen LogP contribution < -0.4 is 15.4 Å². The topological polar surface area (TPSA) is 67.4 Å². The van der Waals surface area contributed by atoms with Crippen LogP contribution >= 0.6 is 0 Å². The Bertz CT molecular complexity index is 932. The van der Waals surface area contributed by atoms with Gasteiger partial charge in [-0.05, 0) is 28.5 Å². The fraction of sp³-hybridized carbons (Fsp3) is 0.143. The molecular formula is C21H20N2O3. The molecule has 0 aliphatic carbocycles. The molecular weight excluding hydrogens is 328 g/mol. The van der Waals surface area contributed by atoms with Gasteiger partial charge in [0.1, 0.15) is 5.75 Å². The third-order valence-corrected chi connectivity index (χ3v) is 4.03. The van der Waals surface area contributed by atoms with Crippen LogP contribution in [0, 0.1) is 0 Å². The average Bonchev–Trinajstić information content (AvgIpc) is 2.67. The van der Waals surface area contributed by atoms with Crippen LogP contribution in [0.15, 0.2) is 66.7 Å². The van der Waals surface area contributed by atoms with Crippen molar-refractivity contribution in [3.8, 4) is 5.75 Å². The van der Waals surface area contributed by atoms with Gasteiger partial charge in [-0.25, -0.2) is 0 Å². The third kappa shape index (κ3) is 4.39. The number of fused-ring (bicyclic) bond motifs is 1. The van der Waals surface area contributed by atoms with Gasteiger partial charge in [-0.15, -0.1) is 0 Å². The monoisotopic (exact) mass is 348 g/mol. The summed E-state index contributed by atoms with van der Waals surface area (Å²) in [6, 6.07) is 20.9. The van der Waals surface area contributed by atoms with Crippen molar-refractivity contribution in [1.29, 1.82) is 0 Å². The molecule has 0 spiro atoms. The maximum Gasteiger partial charge on any atom is 0.243 e. The number of hydrogen-bond donors (Lipinski definition) is 2. The van der Waals surface area contributed by atoms with Crippen LogP contribution in [-0.2, 0) is 16.0 Å². The molecule has 0 radical (unpaired) electrons. The molecule has 2 amide bonds. The summed E-state index contributed by atoms with van der Waals surface area (Å²) in [5, 5.41) is 7.53. The number of ether oxygens (including phenoxy) is 1. The number of hydrogen-bond acceptors (Lipinski definition) is 3. The lowest BCUT2D eigenvalue weighted by Gasteiger charge is -2.09. The summed E-state index contributed by atoms with van der Waals surface area (Å²) in [6.07, 6.45) is 0.230. The molecule has 2 N–H and O–H groups in total. The van der Waals surface area contributed by atoms with Gasteiger partial charge in [-0.2, -0.15) is 0 Å². The highest BCUT2D eigenvalue weighted by molar-refractivity contribution is 5.96. The van der Waals surface area contributed by atoms with Crippen molar-refractivity contribution in [2.45, 2.75) is 6.42 Å². The molecule has 0 bridgehead atoms. The van der Waals surface area contributed by atoms with Gasteiger partial charge >= 0.3 is 0 Å². The number of carbonyl (C=O) groups is 2. The van der Waals surface area contributed by atoms with E-state index in [1.165, 1.54) is 0 Å². The molecule has 5 nitrogen and oxygen atoms in total. The highest BCUT2D eigenvalue weighted by atomic mass is 16.5. The van der Waals surface area contributed by atoms with E-state index in [9.17, 15) is 9.59 Å². The van der Waals surface area contributed by atoms with Gasteiger partial charge in [0.15, 0.2) is 0 Å². The number of nitrogens with one attached hydrogen (secondary N) is 2. The van der Waals surface area contributed by atoms with Crippen LogP contribution in [-0.4, -0.2) is 25.5 Å². The molecule has 132 valence electrons. The average molecular weight is 348 g/mol. The van der Waals surface area contributed by atoms with Gasteiger partial charge in [0, 0.05) is 11.8 Å². The highest BCUT2D eigenvalue weighted by Crippen LogP contribution is 2.19. The van der Waals surface area contributed by atoms with E-state index in [4.69, 9.17) is 4.74 Å². The summed E-state index contributed by atoms with van der Waals surface area (Å²) in [5.74, 6) is 0.175. The van der Waals surface area contributed by atoms with E-state index in [-0.39, 0.29) is 24.8 Å². The number of carbonyl (C=O) groups excluding carboxylic acids is 2. The Balaban J connectivity index is 1.55. The van der Waals surface area contributed by atoms with Crippen molar-refractivity contribution in [2.24, 2.45) is 0 Å². The van der Waals surface area contributed by atoms with Gasteiger partial charge < -0.3 is 15.4 Å². The second kappa shape index (κ2) is 8.16. The van der Waals surface area contributed by atoms with Gasteiger partial charge in [-0.1, -0.05) is 48.5 Å². The first kappa shape index (κ1) is 17.5. The lowest BCUT2D eigenvalue weighted by atomic mass is 10.0. The quantitative estimate of drug-likeness (QED) is 0.719. The Morgan fingerprint density at radius 2 is 1.69 bits per heavy atom. The predicted octanol–water partition coefficient (Wildman–Crippen LogP) is 3.15. The molecule has 0 unspecified atom stereocenters. The SMILES string of the molecule is COc1cccc(NC(=O)CNC(=O)Cc2cccc3ccccc23)c1. The zero-order chi connectivity index (χ0) is 18.4. The number of anilines is 1. The third-order valence-electron chi connectivity index (χ3n) is 4.03. The fourth-order valence-corrected chi connectivity index (χ4v) is 2.77. The molecule has 26 heavy (non-hydrogen) atoms. The Morgan fingerprint density at radius 3 is 2.54 bits per heavy atom. The number of rotatable bonds is 6. The van der Waals surface area contributed by atoms with Crippen molar-refractivity contribution in [1.82, 2.24) is 5.32 Å². The smallest absolute Gasteiger partial charge is 0.243 e. The summed E-state index contributed by atoms with van der Waals surface area (Å²) in [6.45, 7) is -0.0825. The fourth-order valence-electron chi connectivity index (χ4n) is 2.77. The van der Waals surface area contributed by atoms with E-state index in [2.05, 4.69) is 10.6 Å². The minimum absolute atomic E-state index is 0.0825. The standard InChI is InChI=1S/C21H20N2O3/c1-26-18-10-5-9-17(13-18)23-21(25)14-22-20(24)12-16-8-4-7-15-6-2-3-11-19(15)16/h2-11,13H,12,14H2,1H3,(H,22,24)(H,23,25). The van der Waals surface area contributed by atoms with Crippen LogP contribution in [0.2, 0.25) is 0 Å². The molecule has 0 saturated carbocycles. The van der Waals surface area contributed by atoms with Crippen LogP contribution in [0.3, 0.4) is 0 Å². The van der Waals surface area contributed by atoms with Gasteiger partial charge in [0.05, 0.1) is 20.1 Å². The van der Waals surface area contributed by atoms with Gasteiger partial charge in [0.25, 0.3) is 0 Å². The Kier molecular flexibility index (Phi) is 5.49. The van der Waals surface area contributed by atoms with Gasteiger partial charge in [0.2, 0.25) is 11.8 Å². The molecule has 0 saturated heterocycles. The van der Waals surface area contributed by atoms with Crippen LogP contribution in [0.25, 0.3) is 10.8 Å². The minimum Gasteiger partial charge on any atom is -0.497 e. The van der Waals surface area contributed by atoms with E-state index in [1.54, 1.807) is 31.4 Å². The second-order valence-electron chi connectivity index (χ2n) is 5.87. The van der Waals surface area contributed by atoms with Crippen LogP contribution in [0.4, 0.5) is 5.69 Å². The maximum atomic E-state index is 12.2.